The Morgan fingerprint density at radius 3 is 2.29 bits per heavy atom. The molecule has 1 aliphatic rings. The summed E-state index contributed by atoms with van der Waals surface area (Å²) in [5.74, 6) is 1.02. The number of hydrogen-bond donors (Lipinski definition) is 0. The normalized spacial score (nSPS) is 17.6. The fraction of sp³-hybridized carbons (Fsp3) is 0.450. The zero-order valence-corrected chi connectivity index (χ0v) is 15.3. The molecular weight excluding hydrogens is 302 g/mol. The van der Waals surface area contributed by atoms with E-state index in [1.54, 1.807) is 0 Å². The van der Waals surface area contributed by atoms with Gasteiger partial charge in [-0.15, -0.1) is 0 Å². The monoisotopic (exact) mass is 329 g/mol. The first-order chi connectivity index (χ1) is 11.5. The highest BCUT2D eigenvalue weighted by Gasteiger charge is 2.35. The lowest BCUT2D eigenvalue weighted by Gasteiger charge is -2.34. The number of rotatable bonds is 6. The summed E-state index contributed by atoms with van der Waals surface area (Å²) in [5.41, 5.74) is 2.71. The van der Waals surface area contributed by atoms with Gasteiger partial charge in [0.15, 0.2) is 5.88 Å². The van der Waals surface area contributed by atoms with Gasteiger partial charge >= 0.3 is 5.97 Å². The van der Waals surface area contributed by atoms with E-state index < -0.39 is 0 Å². The molecule has 1 aromatic carbocycles. The minimum Gasteiger partial charge on any atom is -0.463 e. The molecule has 0 bridgehead atoms. The van der Waals surface area contributed by atoms with Gasteiger partial charge < -0.3 is 14.4 Å². The predicted octanol–water partition coefficient (Wildman–Crippen LogP) is 4.21. The second-order valence-electron chi connectivity index (χ2n) is 5.80. The van der Waals surface area contributed by atoms with Crippen molar-refractivity contribution in [1.82, 2.24) is 4.90 Å². The van der Waals surface area contributed by atoms with E-state index >= 15 is 0 Å². The van der Waals surface area contributed by atoms with Crippen molar-refractivity contribution in [2.75, 3.05) is 19.7 Å². The molecular formula is C20H27NO3. The Bertz CT molecular complexity index is 642. The van der Waals surface area contributed by atoms with Gasteiger partial charge in [0, 0.05) is 19.0 Å². The van der Waals surface area contributed by atoms with Crippen LogP contribution in [0.15, 0.2) is 53.1 Å². The molecule has 0 amide bonds. The van der Waals surface area contributed by atoms with Gasteiger partial charge in [-0.2, -0.15) is 0 Å². The molecule has 0 aliphatic carbocycles. The minimum absolute atomic E-state index is 0.144. The summed E-state index contributed by atoms with van der Waals surface area (Å²) in [6, 6.07) is 10.1. The minimum atomic E-state index is -0.304. The zero-order chi connectivity index (χ0) is 17.7. The van der Waals surface area contributed by atoms with Crippen LogP contribution in [0.2, 0.25) is 0 Å². The SMILES string of the molecule is CCOC(=O)C1=C(C)OC(N(CC)CC)=C(C)C1c1ccccc1. The molecule has 4 nitrogen and oxygen atoms in total. The molecule has 1 aromatic rings. The Kier molecular flexibility index (Phi) is 6.07. The van der Waals surface area contributed by atoms with Gasteiger partial charge in [0.1, 0.15) is 5.76 Å². The summed E-state index contributed by atoms with van der Waals surface area (Å²) in [4.78, 5) is 14.7. The molecule has 0 fully saturated rings. The standard InChI is InChI=1S/C20H27NO3/c1-6-21(7-2)19-14(4)17(16-12-10-9-11-13-16)18(15(5)24-19)20(22)23-8-3/h9-13,17H,6-8H2,1-5H3. The second kappa shape index (κ2) is 8.04. The first kappa shape index (κ1) is 18.1. The van der Waals surface area contributed by atoms with Crippen molar-refractivity contribution in [1.29, 1.82) is 0 Å². The van der Waals surface area contributed by atoms with E-state index in [0.29, 0.717) is 17.9 Å². The zero-order valence-electron chi connectivity index (χ0n) is 15.3. The Hall–Kier alpha value is -2.23. The van der Waals surface area contributed by atoms with Crippen molar-refractivity contribution in [3.8, 4) is 0 Å². The van der Waals surface area contributed by atoms with E-state index in [2.05, 4.69) is 18.7 Å². The van der Waals surface area contributed by atoms with Crippen molar-refractivity contribution in [2.24, 2.45) is 0 Å². The predicted molar refractivity (Wildman–Crippen MR) is 95.2 cm³/mol. The lowest BCUT2D eigenvalue weighted by Crippen LogP contribution is -2.31. The third-order valence-corrected chi connectivity index (χ3v) is 4.37. The third-order valence-electron chi connectivity index (χ3n) is 4.37. The quantitative estimate of drug-likeness (QED) is 0.733. The largest absolute Gasteiger partial charge is 0.463 e. The maximum absolute atomic E-state index is 12.6. The molecule has 0 spiro atoms. The molecule has 0 saturated carbocycles. The molecule has 1 atom stereocenters. The lowest BCUT2D eigenvalue weighted by molar-refractivity contribution is -0.139. The van der Waals surface area contributed by atoms with Gasteiger partial charge in [-0.25, -0.2) is 4.79 Å². The number of esters is 1. The topological polar surface area (TPSA) is 38.8 Å². The van der Waals surface area contributed by atoms with Gasteiger partial charge in [-0.3, -0.25) is 0 Å². The van der Waals surface area contributed by atoms with Crippen molar-refractivity contribution in [3.05, 3.63) is 58.7 Å². The van der Waals surface area contributed by atoms with Gasteiger partial charge in [0.25, 0.3) is 0 Å². The highest BCUT2D eigenvalue weighted by molar-refractivity contribution is 5.92. The summed E-state index contributed by atoms with van der Waals surface area (Å²) in [7, 11) is 0. The van der Waals surface area contributed by atoms with Crippen LogP contribution in [0.1, 0.15) is 46.1 Å². The maximum atomic E-state index is 12.6. The summed E-state index contributed by atoms with van der Waals surface area (Å²) in [6.07, 6.45) is 0. The van der Waals surface area contributed by atoms with Crippen LogP contribution in [0, 0.1) is 0 Å². The van der Waals surface area contributed by atoms with Crippen molar-refractivity contribution < 1.29 is 14.3 Å². The third kappa shape index (κ3) is 3.48. The van der Waals surface area contributed by atoms with Crippen LogP contribution < -0.4 is 0 Å². The number of allylic oxidation sites excluding steroid dienone is 2. The number of carbonyl (C=O) groups is 1. The number of benzene rings is 1. The fourth-order valence-electron chi connectivity index (χ4n) is 3.18. The van der Waals surface area contributed by atoms with E-state index in [1.165, 1.54) is 0 Å². The average molecular weight is 329 g/mol. The molecule has 1 unspecified atom stereocenters. The average Bonchev–Trinajstić information content (AvgIpc) is 2.59. The van der Waals surface area contributed by atoms with E-state index in [4.69, 9.17) is 9.47 Å². The second-order valence-corrected chi connectivity index (χ2v) is 5.80. The smallest absolute Gasteiger partial charge is 0.338 e. The van der Waals surface area contributed by atoms with E-state index in [0.717, 1.165) is 30.1 Å². The molecule has 0 N–H and O–H groups in total. The van der Waals surface area contributed by atoms with Crippen LogP contribution in [0.4, 0.5) is 0 Å². The highest BCUT2D eigenvalue weighted by Crippen LogP contribution is 2.41. The molecule has 1 aliphatic heterocycles. The van der Waals surface area contributed by atoms with Crippen molar-refractivity contribution >= 4 is 5.97 Å². The molecule has 0 saturated heterocycles. The highest BCUT2D eigenvalue weighted by atomic mass is 16.5. The molecule has 4 heteroatoms. The lowest BCUT2D eigenvalue weighted by atomic mass is 9.83. The van der Waals surface area contributed by atoms with Gasteiger partial charge in [-0.05, 0) is 45.8 Å². The first-order valence-corrected chi connectivity index (χ1v) is 8.61. The summed E-state index contributed by atoms with van der Waals surface area (Å²) in [5, 5.41) is 0. The molecule has 0 radical (unpaired) electrons. The van der Waals surface area contributed by atoms with E-state index in [1.807, 2.05) is 51.1 Å². The molecule has 2 rings (SSSR count). The van der Waals surface area contributed by atoms with Crippen LogP contribution in [-0.2, 0) is 14.3 Å². The Morgan fingerprint density at radius 1 is 1.12 bits per heavy atom. The van der Waals surface area contributed by atoms with Gasteiger partial charge in [0.05, 0.1) is 12.2 Å². The fourth-order valence-corrected chi connectivity index (χ4v) is 3.18. The summed E-state index contributed by atoms with van der Waals surface area (Å²) in [6.45, 7) is 12.0. The Balaban J connectivity index is 2.57. The number of carbonyl (C=O) groups excluding carboxylic acids is 1. The summed E-state index contributed by atoms with van der Waals surface area (Å²) < 4.78 is 11.3. The first-order valence-electron chi connectivity index (χ1n) is 8.61. The number of ether oxygens (including phenoxy) is 2. The Labute approximate surface area is 144 Å². The number of nitrogens with zero attached hydrogens (tertiary/aromatic N) is 1. The van der Waals surface area contributed by atoms with Crippen LogP contribution in [0.25, 0.3) is 0 Å². The van der Waals surface area contributed by atoms with Crippen LogP contribution >= 0.6 is 0 Å². The van der Waals surface area contributed by atoms with Gasteiger partial charge in [-0.1, -0.05) is 30.3 Å². The maximum Gasteiger partial charge on any atom is 0.338 e. The summed E-state index contributed by atoms with van der Waals surface area (Å²) >= 11 is 0. The van der Waals surface area contributed by atoms with Gasteiger partial charge in [0.2, 0.25) is 0 Å². The van der Waals surface area contributed by atoms with Crippen molar-refractivity contribution in [3.63, 3.8) is 0 Å². The van der Waals surface area contributed by atoms with Crippen molar-refractivity contribution in [2.45, 2.75) is 40.5 Å². The Morgan fingerprint density at radius 2 is 1.75 bits per heavy atom. The van der Waals surface area contributed by atoms with Crippen LogP contribution in [0.3, 0.4) is 0 Å². The van der Waals surface area contributed by atoms with Crippen LogP contribution in [0.5, 0.6) is 0 Å². The van der Waals surface area contributed by atoms with E-state index in [-0.39, 0.29) is 11.9 Å². The molecule has 0 aromatic heterocycles. The molecule has 1 heterocycles. The van der Waals surface area contributed by atoms with E-state index in [9.17, 15) is 4.79 Å². The number of hydrogen-bond acceptors (Lipinski definition) is 4. The van der Waals surface area contributed by atoms with Crippen LogP contribution in [-0.4, -0.2) is 30.6 Å². The molecule has 130 valence electrons. The molecule has 24 heavy (non-hydrogen) atoms.